The Morgan fingerprint density at radius 3 is 2.44 bits per heavy atom. The zero-order valence-corrected chi connectivity index (χ0v) is 11.9. The second kappa shape index (κ2) is 5.85. The topological polar surface area (TPSA) is 29.3 Å². The molecule has 1 aromatic rings. The van der Waals surface area contributed by atoms with Crippen molar-refractivity contribution in [2.75, 3.05) is 6.54 Å². The number of hydrogen-bond donors (Lipinski definition) is 1. The predicted molar refractivity (Wildman–Crippen MR) is 77.6 cm³/mol. The summed E-state index contributed by atoms with van der Waals surface area (Å²) in [6.45, 7) is 7.78. The predicted octanol–water partition coefficient (Wildman–Crippen LogP) is 3.26. The molecule has 3 atom stereocenters. The molecule has 2 nitrogen and oxygen atoms in total. The van der Waals surface area contributed by atoms with Crippen molar-refractivity contribution in [1.82, 2.24) is 4.90 Å². The van der Waals surface area contributed by atoms with Crippen LogP contribution in [0.3, 0.4) is 0 Å². The van der Waals surface area contributed by atoms with Gasteiger partial charge in [0.05, 0.1) is 0 Å². The minimum Gasteiger partial charge on any atom is -0.326 e. The van der Waals surface area contributed by atoms with Gasteiger partial charge in [-0.15, -0.1) is 0 Å². The van der Waals surface area contributed by atoms with Crippen LogP contribution < -0.4 is 5.73 Å². The number of nitrogens with zero attached hydrogens (tertiary/aromatic N) is 1. The van der Waals surface area contributed by atoms with Gasteiger partial charge in [0.15, 0.2) is 0 Å². The molecule has 0 aliphatic carbocycles. The average molecular weight is 246 g/mol. The summed E-state index contributed by atoms with van der Waals surface area (Å²) < 4.78 is 0. The minimum absolute atomic E-state index is 0.174. The van der Waals surface area contributed by atoms with Crippen molar-refractivity contribution in [3.8, 4) is 0 Å². The quantitative estimate of drug-likeness (QED) is 0.887. The molecule has 100 valence electrons. The molecular formula is C16H26N2. The van der Waals surface area contributed by atoms with E-state index in [4.69, 9.17) is 5.73 Å². The first-order valence-electron chi connectivity index (χ1n) is 7.17. The maximum absolute atomic E-state index is 6.26. The Balaban J connectivity index is 2.24. The van der Waals surface area contributed by atoms with Crippen molar-refractivity contribution in [2.24, 2.45) is 5.73 Å². The van der Waals surface area contributed by atoms with Gasteiger partial charge in [0, 0.05) is 18.1 Å². The molecule has 1 aromatic carbocycles. The molecule has 2 rings (SSSR count). The molecule has 2 N–H and O–H groups in total. The highest BCUT2D eigenvalue weighted by molar-refractivity contribution is 5.25. The highest BCUT2D eigenvalue weighted by atomic mass is 15.2. The van der Waals surface area contributed by atoms with Crippen LogP contribution in [0.1, 0.15) is 50.3 Å². The van der Waals surface area contributed by atoms with Gasteiger partial charge in [-0.3, -0.25) is 4.90 Å². The Morgan fingerprint density at radius 1 is 1.22 bits per heavy atom. The van der Waals surface area contributed by atoms with Crippen LogP contribution in [0.2, 0.25) is 0 Å². The van der Waals surface area contributed by atoms with Crippen molar-refractivity contribution >= 4 is 0 Å². The zero-order valence-electron chi connectivity index (χ0n) is 11.9. The Hall–Kier alpha value is -0.860. The van der Waals surface area contributed by atoms with E-state index in [-0.39, 0.29) is 6.04 Å². The number of rotatable bonds is 3. The lowest BCUT2D eigenvalue weighted by Gasteiger charge is -2.41. The molecule has 2 heteroatoms. The number of piperidine rings is 1. The monoisotopic (exact) mass is 246 g/mol. The first-order chi connectivity index (χ1) is 8.59. The highest BCUT2D eigenvalue weighted by Crippen LogP contribution is 2.30. The van der Waals surface area contributed by atoms with Crippen molar-refractivity contribution in [3.05, 3.63) is 35.4 Å². The van der Waals surface area contributed by atoms with Gasteiger partial charge in [-0.2, -0.15) is 0 Å². The van der Waals surface area contributed by atoms with Gasteiger partial charge in [-0.05, 0) is 45.7 Å². The van der Waals surface area contributed by atoms with E-state index in [0.717, 1.165) is 0 Å². The summed E-state index contributed by atoms with van der Waals surface area (Å²) in [5.74, 6) is 0. The number of likely N-dealkylation sites (tertiary alicyclic amines) is 1. The molecule has 18 heavy (non-hydrogen) atoms. The fourth-order valence-corrected chi connectivity index (χ4v) is 3.09. The van der Waals surface area contributed by atoms with Crippen molar-refractivity contribution < 1.29 is 0 Å². The second-order valence-corrected chi connectivity index (χ2v) is 5.80. The van der Waals surface area contributed by atoms with Crippen LogP contribution in [0.4, 0.5) is 0 Å². The van der Waals surface area contributed by atoms with E-state index < -0.39 is 0 Å². The molecule has 1 saturated heterocycles. The van der Waals surface area contributed by atoms with Crippen LogP contribution in [-0.4, -0.2) is 23.5 Å². The Kier molecular flexibility index (Phi) is 4.41. The van der Waals surface area contributed by atoms with Crippen molar-refractivity contribution in [1.29, 1.82) is 0 Å². The van der Waals surface area contributed by atoms with Crippen LogP contribution in [0, 0.1) is 6.92 Å². The van der Waals surface area contributed by atoms with Gasteiger partial charge in [-0.25, -0.2) is 0 Å². The maximum Gasteiger partial charge on any atom is 0.0499 e. The molecule has 1 aliphatic heterocycles. The van der Waals surface area contributed by atoms with Crippen LogP contribution in [0.25, 0.3) is 0 Å². The van der Waals surface area contributed by atoms with E-state index in [1.54, 1.807) is 0 Å². The number of aryl methyl sites for hydroxylation is 1. The zero-order chi connectivity index (χ0) is 13.1. The smallest absolute Gasteiger partial charge is 0.0499 e. The highest BCUT2D eigenvalue weighted by Gasteiger charge is 2.29. The molecule has 0 radical (unpaired) electrons. The summed E-state index contributed by atoms with van der Waals surface area (Å²) in [7, 11) is 0. The SMILES string of the molecule is Cc1ccc(C(C(C)N)N2CCCCC2C)cc1. The Labute approximate surface area is 111 Å². The van der Waals surface area contributed by atoms with Gasteiger partial charge >= 0.3 is 0 Å². The van der Waals surface area contributed by atoms with Crippen LogP contribution >= 0.6 is 0 Å². The fraction of sp³-hybridized carbons (Fsp3) is 0.625. The largest absolute Gasteiger partial charge is 0.326 e. The fourth-order valence-electron chi connectivity index (χ4n) is 3.09. The molecule has 1 heterocycles. The van der Waals surface area contributed by atoms with E-state index in [1.165, 1.54) is 36.9 Å². The Morgan fingerprint density at radius 2 is 1.89 bits per heavy atom. The normalized spacial score (nSPS) is 24.8. The molecule has 3 unspecified atom stereocenters. The number of hydrogen-bond acceptors (Lipinski definition) is 2. The van der Waals surface area contributed by atoms with Crippen LogP contribution in [0.15, 0.2) is 24.3 Å². The third kappa shape index (κ3) is 2.93. The lowest BCUT2D eigenvalue weighted by molar-refractivity contribution is 0.0923. The summed E-state index contributed by atoms with van der Waals surface area (Å²) >= 11 is 0. The molecule has 1 fully saturated rings. The van der Waals surface area contributed by atoms with Crippen LogP contribution in [0.5, 0.6) is 0 Å². The van der Waals surface area contributed by atoms with E-state index in [0.29, 0.717) is 12.1 Å². The van der Waals surface area contributed by atoms with E-state index in [9.17, 15) is 0 Å². The lowest BCUT2D eigenvalue weighted by atomic mass is 9.93. The first-order valence-corrected chi connectivity index (χ1v) is 7.17. The first kappa shape index (κ1) is 13.6. The summed E-state index contributed by atoms with van der Waals surface area (Å²) in [4.78, 5) is 2.60. The van der Waals surface area contributed by atoms with Gasteiger partial charge in [-0.1, -0.05) is 36.2 Å². The second-order valence-electron chi connectivity index (χ2n) is 5.80. The summed E-state index contributed by atoms with van der Waals surface area (Å²) in [5, 5.41) is 0. The summed E-state index contributed by atoms with van der Waals surface area (Å²) in [6.07, 6.45) is 3.96. The van der Waals surface area contributed by atoms with Gasteiger partial charge in [0.1, 0.15) is 0 Å². The summed E-state index contributed by atoms with van der Waals surface area (Å²) in [6, 6.07) is 10.1. The minimum atomic E-state index is 0.174. The third-order valence-corrected chi connectivity index (χ3v) is 4.13. The van der Waals surface area contributed by atoms with Crippen LogP contribution in [-0.2, 0) is 0 Å². The van der Waals surface area contributed by atoms with E-state index in [1.807, 2.05) is 0 Å². The van der Waals surface area contributed by atoms with Gasteiger partial charge < -0.3 is 5.73 Å². The van der Waals surface area contributed by atoms with Crippen molar-refractivity contribution in [3.63, 3.8) is 0 Å². The number of benzene rings is 1. The maximum atomic E-state index is 6.26. The molecule has 0 spiro atoms. The molecule has 1 aliphatic rings. The Bertz CT molecular complexity index is 369. The average Bonchev–Trinajstić information content (AvgIpc) is 2.34. The van der Waals surface area contributed by atoms with Gasteiger partial charge in [0.2, 0.25) is 0 Å². The van der Waals surface area contributed by atoms with E-state index >= 15 is 0 Å². The molecule has 0 aromatic heterocycles. The summed E-state index contributed by atoms with van der Waals surface area (Å²) in [5.41, 5.74) is 8.94. The van der Waals surface area contributed by atoms with E-state index in [2.05, 4.69) is 49.9 Å². The standard InChI is InChI=1S/C16H26N2/c1-12-7-9-15(10-8-12)16(14(3)17)18-11-5-4-6-13(18)2/h7-10,13-14,16H,4-6,11,17H2,1-3H3. The lowest BCUT2D eigenvalue weighted by Crippen LogP contribution is -2.46. The van der Waals surface area contributed by atoms with Crippen molar-refractivity contribution in [2.45, 2.75) is 58.2 Å². The molecule has 0 amide bonds. The number of nitrogens with two attached hydrogens (primary N) is 1. The molecular weight excluding hydrogens is 220 g/mol. The third-order valence-electron chi connectivity index (χ3n) is 4.13. The molecule has 0 saturated carbocycles. The molecule has 0 bridgehead atoms. The van der Waals surface area contributed by atoms with Gasteiger partial charge in [0.25, 0.3) is 0 Å².